The summed E-state index contributed by atoms with van der Waals surface area (Å²) in [5.41, 5.74) is 1.37. The molecule has 1 nitrogen and oxygen atoms in total. The summed E-state index contributed by atoms with van der Waals surface area (Å²) in [7, 11) is 0. The molecule has 1 aliphatic rings. The number of thioether (sulfide) groups is 1. The second-order valence-electron chi connectivity index (χ2n) is 3.89. The van der Waals surface area contributed by atoms with Gasteiger partial charge in [0.15, 0.2) is 0 Å². The number of nitrogens with one attached hydrogen (secondary N) is 1. The normalized spacial score (nSPS) is 21.6. The molecule has 1 fully saturated rings. The average Bonchev–Trinajstić information content (AvgIpc) is 2.30. The summed E-state index contributed by atoms with van der Waals surface area (Å²) in [5.74, 6) is 0. The van der Waals surface area contributed by atoms with Crippen LogP contribution in [0.1, 0.15) is 30.9 Å². The van der Waals surface area contributed by atoms with Gasteiger partial charge in [-0.3, -0.25) is 0 Å². The third-order valence-corrected chi connectivity index (χ3v) is 3.92. The average molecular weight is 242 g/mol. The van der Waals surface area contributed by atoms with E-state index in [2.05, 4.69) is 23.7 Å². The molecule has 1 aromatic carbocycles. The molecule has 1 aromatic rings. The lowest BCUT2D eigenvalue weighted by Crippen LogP contribution is -2.27. The fraction of sp³-hybridized carbons (Fsp3) is 0.500. The van der Waals surface area contributed by atoms with Gasteiger partial charge in [-0.05, 0) is 49.4 Å². The van der Waals surface area contributed by atoms with E-state index in [1.165, 1.54) is 29.7 Å². The number of hydrogen-bond acceptors (Lipinski definition) is 2. The van der Waals surface area contributed by atoms with Gasteiger partial charge in [-0.25, -0.2) is 0 Å². The number of halogens is 1. The minimum absolute atomic E-state index is 0.500. The van der Waals surface area contributed by atoms with Gasteiger partial charge in [-0.15, -0.1) is 11.8 Å². The molecule has 0 spiro atoms. The maximum Gasteiger partial charge on any atom is 0.0410 e. The number of piperidine rings is 1. The molecule has 1 aliphatic heterocycles. The zero-order valence-corrected chi connectivity index (χ0v) is 10.5. The molecule has 0 amide bonds. The molecule has 0 saturated carbocycles. The van der Waals surface area contributed by atoms with Crippen LogP contribution in [0.25, 0.3) is 0 Å². The van der Waals surface area contributed by atoms with E-state index in [1.54, 1.807) is 11.8 Å². The lowest BCUT2D eigenvalue weighted by atomic mass is 9.97. The van der Waals surface area contributed by atoms with E-state index in [9.17, 15) is 0 Å². The van der Waals surface area contributed by atoms with Crippen LogP contribution >= 0.6 is 23.4 Å². The highest BCUT2D eigenvalue weighted by Crippen LogP contribution is 2.32. The predicted molar refractivity (Wildman–Crippen MR) is 67.8 cm³/mol. The van der Waals surface area contributed by atoms with Crippen molar-refractivity contribution in [1.82, 2.24) is 5.32 Å². The van der Waals surface area contributed by atoms with Crippen LogP contribution in [-0.2, 0) is 0 Å². The largest absolute Gasteiger partial charge is 0.310 e. The Hall–Kier alpha value is -0.180. The first-order valence-corrected chi connectivity index (χ1v) is 6.98. The highest BCUT2D eigenvalue weighted by atomic mass is 35.5. The first-order valence-electron chi connectivity index (χ1n) is 5.38. The summed E-state index contributed by atoms with van der Waals surface area (Å²) < 4.78 is 0. The third kappa shape index (κ3) is 2.68. The van der Waals surface area contributed by atoms with Crippen molar-refractivity contribution < 1.29 is 0 Å². The summed E-state index contributed by atoms with van der Waals surface area (Å²) in [6.07, 6.45) is 5.97. The van der Waals surface area contributed by atoms with Crippen LogP contribution in [0, 0.1) is 0 Å². The Morgan fingerprint density at radius 2 is 2.27 bits per heavy atom. The summed E-state index contributed by atoms with van der Waals surface area (Å²) in [6, 6.07) is 6.70. The van der Waals surface area contributed by atoms with Crippen LogP contribution in [0.15, 0.2) is 23.1 Å². The van der Waals surface area contributed by atoms with Gasteiger partial charge in [0, 0.05) is 16.0 Å². The summed E-state index contributed by atoms with van der Waals surface area (Å²) in [6.45, 7) is 1.13. The molecule has 2 rings (SSSR count). The first kappa shape index (κ1) is 11.3. The van der Waals surface area contributed by atoms with Gasteiger partial charge in [0.05, 0.1) is 0 Å². The fourth-order valence-electron chi connectivity index (χ4n) is 2.09. The first-order chi connectivity index (χ1) is 7.31. The van der Waals surface area contributed by atoms with Gasteiger partial charge < -0.3 is 5.32 Å². The SMILES string of the molecule is CSc1ccc(Cl)cc1C1CCCCN1. The van der Waals surface area contributed by atoms with Gasteiger partial charge >= 0.3 is 0 Å². The molecule has 1 atom stereocenters. The van der Waals surface area contributed by atoms with Crippen molar-refractivity contribution in [2.45, 2.75) is 30.2 Å². The van der Waals surface area contributed by atoms with E-state index in [4.69, 9.17) is 11.6 Å². The molecular formula is C12H16ClNS. The van der Waals surface area contributed by atoms with Crippen molar-refractivity contribution in [3.63, 3.8) is 0 Å². The smallest absolute Gasteiger partial charge is 0.0410 e. The van der Waals surface area contributed by atoms with Gasteiger partial charge in [0.2, 0.25) is 0 Å². The zero-order valence-electron chi connectivity index (χ0n) is 8.92. The minimum Gasteiger partial charge on any atom is -0.310 e. The molecule has 0 aromatic heterocycles. The predicted octanol–water partition coefficient (Wildman–Crippen LogP) is 3.88. The summed E-state index contributed by atoms with van der Waals surface area (Å²) in [5, 5.41) is 4.41. The number of hydrogen-bond donors (Lipinski definition) is 1. The quantitative estimate of drug-likeness (QED) is 0.789. The molecule has 1 N–H and O–H groups in total. The van der Waals surface area contributed by atoms with Crippen molar-refractivity contribution in [2.75, 3.05) is 12.8 Å². The Balaban J connectivity index is 2.27. The number of benzene rings is 1. The van der Waals surface area contributed by atoms with Crippen molar-refractivity contribution in [3.05, 3.63) is 28.8 Å². The fourth-order valence-corrected chi connectivity index (χ4v) is 2.92. The van der Waals surface area contributed by atoms with Crippen LogP contribution in [0.3, 0.4) is 0 Å². The maximum absolute atomic E-state index is 6.06. The molecule has 3 heteroatoms. The topological polar surface area (TPSA) is 12.0 Å². The zero-order chi connectivity index (χ0) is 10.7. The van der Waals surface area contributed by atoms with Crippen LogP contribution in [0.2, 0.25) is 5.02 Å². The summed E-state index contributed by atoms with van der Waals surface area (Å²) >= 11 is 7.86. The van der Waals surface area contributed by atoms with Crippen molar-refractivity contribution in [1.29, 1.82) is 0 Å². The van der Waals surface area contributed by atoms with Crippen LogP contribution in [-0.4, -0.2) is 12.8 Å². The van der Waals surface area contributed by atoms with Gasteiger partial charge in [-0.1, -0.05) is 18.0 Å². The molecule has 82 valence electrons. The lowest BCUT2D eigenvalue weighted by molar-refractivity contribution is 0.408. The standard InChI is InChI=1S/C12H16ClNS/c1-15-12-6-5-9(13)8-10(12)11-4-2-3-7-14-11/h5-6,8,11,14H,2-4,7H2,1H3. The Morgan fingerprint density at radius 3 is 2.93 bits per heavy atom. The van der Waals surface area contributed by atoms with Crippen LogP contribution in [0.4, 0.5) is 0 Å². The highest BCUT2D eigenvalue weighted by molar-refractivity contribution is 7.98. The Morgan fingerprint density at radius 1 is 1.40 bits per heavy atom. The maximum atomic E-state index is 6.06. The number of rotatable bonds is 2. The Labute approximate surface area is 101 Å². The molecule has 0 aliphatic carbocycles. The van der Waals surface area contributed by atoms with E-state index in [0.29, 0.717) is 6.04 Å². The molecular weight excluding hydrogens is 226 g/mol. The van der Waals surface area contributed by atoms with Crippen LogP contribution < -0.4 is 5.32 Å². The van der Waals surface area contributed by atoms with Crippen molar-refractivity contribution in [2.24, 2.45) is 0 Å². The monoisotopic (exact) mass is 241 g/mol. The molecule has 0 radical (unpaired) electrons. The van der Waals surface area contributed by atoms with E-state index >= 15 is 0 Å². The van der Waals surface area contributed by atoms with Crippen molar-refractivity contribution in [3.8, 4) is 0 Å². The van der Waals surface area contributed by atoms with Crippen LogP contribution in [0.5, 0.6) is 0 Å². The molecule has 15 heavy (non-hydrogen) atoms. The van der Waals surface area contributed by atoms with Crippen molar-refractivity contribution >= 4 is 23.4 Å². The third-order valence-electron chi connectivity index (χ3n) is 2.88. The van der Waals surface area contributed by atoms with E-state index in [1.807, 2.05) is 6.07 Å². The van der Waals surface area contributed by atoms with Gasteiger partial charge in [0.25, 0.3) is 0 Å². The Kier molecular flexibility index (Phi) is 3.95. The molecule has 1 heterocycles. The second-order valence-corrected chi connectivity index (χ2v) is 5.17. The summed E-state index contributed by atoms with van der Waals surface area (Å²) in [4.78, 5) is 1.35. The highest BCUT2D eigenvalue weighted by Gasteiger charge is 2.17. The molecule has 1 saturated heterocycles. The van der Waals surface area contributed by atoms with Gasteiger partial charge in [-0.2, -0.15) is 0 Å². The van der Waals surface area contributed by atoms with E-state index in [-0.39, 0.29) is 0 Å². The minimum atomic E-state index is 0.500. The van der Waals surface area contributed by atoms with E-state index < -0.39 is 0 Å². The Bertz CT molecular complexity index is 334. The molecule has 0 bridgehead atoms. The van der Waals surface area contributed by atoms with Gasteiger partial charge in [0.1, 0.15) is 0 Å². The molecule has 1 unspecified atom stereocenters. The second kappa shape index (κ2) is 5.24. The van der Waals surface area contributed by atoms with E-state index in [0.717, 1.165) is 11.6 Å². The lowest BCUT2D eigenvalue weighted by Gasteiger charge is -2.25.